The molecule has 2 heterocycles. The number of nitrogens with zero attached hydrogens (tertiary/aromatic N) is 3. The van der Waals surface area contributed by atoms with Crippen LogP contribution in [0.2, 0.25) is 0 Å². The third kappa shape index (κ3) is 3.78. The molecule has 31 heavy (non-hydrogen) atoms. The zero-order chi connectivity index (χ0) is 21.2. The van der Waals surface area contributed by atoms with E-state index in [0.29, 0.717) is 18.2 Å². The lowest BCUT2D eigenvalue weighted by atomic mass is 9.87. The van der Waals surface area contributed by atoms with Gasteiger partial charge in [0, 0.05) is 17.4 Å². The topological polar surface area (TPSA) is 58.1 Å². The van der Waals surface area contributed by atoms with E-state index in [-0.39, 0.29) is 11.8 Å². The Bertz CT molecular complexity index is 1210. The SMILES string of the molecule is Cc1ccc(C2Cc3cnc(Nc4ccccc4)nc3N(c3ccccc3)C2=O)cc1. The number of anilines is 4. The number of hydrogen-bond donors (Lipinski definition) is 1. The minimum absolute atomic E-state index is 0.0203. The van der Waals surface area contributed by atoms with E-state index in [1.807, 2.05) is 98.0 Å². The molecule has 5 rings (SSSR count). The highest BCUT2D eigenvalue weighted by Crippen LogP contribution is 2.39. The van der Waals surface area contributed by atoms with Crippen LogP contribution in [0.4, 0.5) is 23.1 Å². The van der Waals surface area contributed by atoms with Crippen LogP contribution in [0.1, 0.15) is 22.6 Å². The summed E-state index contributed by atoms with van der Waals surface area (Å²) in [4.78, 5) is 24.7. The Hall–Kier alpha value is -3.99. The van der Waals surface area contributed by atoms with E-state index in [9.17, 15) is 4.79 Å². The highest BCUT2D eigenvalue weighted by Gasteiger charge is 2.36. The van der Waals surface area contributed by atoms with Crippen molar-refractivity contribution in [2.24, 2.45) is 0 Å². The molecule has 0 bridgehead atoms. The van der Waals surface area contributed by atoms with Crippen LogP contribution >= 0.6 is 0 Å². The summed E-state index contributed by atoms with van der Waals surface area (Å²) in [5, 5.41) is 3.23. The molecule has 0 radical (unpaired) electrons. The molecular weight excluding hydrogens is 384 g/mol. The molecule has 1 aromatic heterocycles. The molecule has 5 heteroatoms. The summed E-state index contributed by atoms with van der Waals surface area (Å²) >= 11 is 0. The van der Waals surface area contributed by atoms with E-state index in [2.05, 4.69) is 10.3 Å². The van der Waals surface area contributed by atoms with Gasteiger partial charge < -0.3 is 5.32 Å². The smallest absolute Gasteiger partial charge is 0.240 e. The van der Waals surface area contributed by atoms with Gasteiger partial charge >= 0.3 is 0 Å². The number of amides is 1. The number of aryl methyl sites for hydroxylation is 1. The van der Waals surface area contributed by atoms with Gasteiger partial charge in [0.25, 0.3) is 0 Å². The van der Waals surface area contributed by atoms with Gasteiger partial charge in [-0.05, 0) is 43.2 Å². The van der Waals surface area contributed by atoms with Crippen LogP contribution in [-0.4, -0.2) is 15.9 Å². The van der Waals surface area contributed by atoms with Crippen molar-refractivity contribution in [3.63, 3.8) is 0 Å². The number of para-hydroxylation sites is 2. The molecule has 0 fully saturated rings. The Morgan fingerprint density at radius 2 is 1.58 bits per heavy atom. The van der Waals surface area contributed by atoms with Crippen LogP contribution in [0, 0.1) is 6.92 Å². The average molecular weight is 406 g/mol. The third-order valence-electron chi connectivity index (χ3n) is 5.52. The van der Waals surface area contributed by atoms with E-state index in [0.717, 1.165) is 22.5 Å². The van der Waals surface area contributed by atoms with Crippen LogP contribution in [0.15, 0.2) is 91.1 Å². The Labute approximate surface area is 181 Å². The minimum Gasteiger partial charge on any atom is -0.324 e. The van der Waals surface area contributed by atoms with Crippen molar-refractivity contribution in [2.75, 3.05) is 10.2 Å². The molecule has 4 aromatic rings. The zero-order valence-electron chi connectivity index (χ0n) is 17.2. The van der Waals surface area contributed by atoms with Crippen molar-refractivity contribution in [1.29, 1.82) is 0 Å². The number of benzene rings is 3. The molecular formula is C26H22N4O. The molecule has 1 aliphatic rings. The van der Waals surface area contributed by atoms with Gasteiger partial charge in [0.2, 0.25) is 11.9 Å². The van der Waals surface area contributed by atoms with E-state index in [1.165, 1.54) is 5.56 Å². The molecule has 0 saturated heterocycles. The maximum Gasteiger partial charge on any atom is 0.240 e. The van der Waals surface area contributed by atoms with Gasteiger partial charge in [-0.1, -0.05) is 66.2 Å². The Kier molecular flexibility index (Phi) is 4.92. The first-order valence-electron chi connectivity index (χ1n) is 10.3. The monoisotopic (exact) mass is 406 g/mol. The number of carbonyl (C=O) groups is 1. The number of rotatable bonds is 4. The van der Waals surface area contributed by atoms with Gasteiger partial charge in [-0.25, -0.2) is 4.98 Å². The summed E-state index contributed by atoms with van der Waals surface area (Å²) in [5.41, 5.74) is 4.83. The molecule has 3 aromatic carbocycles. The molecule has 1 aliphatic heterocycles. The highest BCUT2D eigenvalue weighted by atomic mass is 16.2. The average Bonchev–Trinajstić information content (AvgIpc) is 2.81. The maximum absolute atomic E-state index is 13.7. The van der Waals surface area contributed by atoms with Crippen LogP contribution < -0.4 is 10.2 Å². The van der Waals surface area contributed by atoms with Gasteiger partial charge in [-0.3, -0.25) is 9.69 Å². The summed E-state index contributed by atoms with van der Waals surface area (Å²) in [6.07, 6.45) is 2.41. The molecule has 0 aliphatic carbocycles. The molecule has 0 saturated carbocycles. The normalized spacial score (nSPS) is 15.5. The second-order valence-corrected chi connectivity index (χ2v) is 7.71. The second-order valence-electron chi connectivity index (χ2n) is 7.71. The highest BCUT2D eigenvalue weighted by molar-refractivity contribution is 6.06. The molecule has 1 atom stereocenters. The van der Waals surface area contributed by atoms with Crippen LogP contribution in [0.5, 0.6) is 0 Å². The predicted molar refractivity (Wildman–Crippen MR) is 123 cm³/mol. The van der Waals surface area contributed by atoms with Crippen molar-refractivity contribution in [1.82, 2.24) is 9.97 Å². The summed E-state index contributed by atoms with van der Waals surface area (Å²) in [7, 11) is 0. The predicted octanol–water partition coefficient (Wildman–Crippen LogP) is 5.53. The van der Waals surface area contributed by atoms with Gasteiger partial charge in [-0.2, -0.15) is 4.98 Å². The summed E-state index contributed by atoms with van der Waals surface area (Å²) in [5.74, 6) is 0.845. The fraction of sp³-hybridized carbons (Fsp3) is 0.115. The lowest BCUT2D eigenvalue weighted by Crippen LogP contribution is -2.37. The maximum atomic E-state index is 13.7. The Morgan fingerprint density at radius 1 is 0.903 bits per heavy atom. The van der Waals surface area contributed by atoms with Gasteiger partial charge in [-0.15, -0.1) is 0 Å². The molecule has 5 nitrogen and oxygen atoms in total. The van der Waals surface area contributed by atoms with E-state index in [4.69, 9.17) is 4.98 Å². The molecule has 0 spiro atoms. The van der Waals surface area contributed by atoms with Crippen LogP contribution in [0.3, 0.4) is 0 Å². The van der Waals surface area contributed by atoms with Gasteiger partial charge in [0.05, 0.1) is 11.6 Å². The second kappa shape index (κ2) is 8.03. The van der Waals surface area contributed by atoms with Crippen molar-refractivity contribution in [3.05, 3.63) is 108 Å². The number of hydrogen-bond acceptors (Lipinski definition) is 4. The molecule has 1 amide bonds. The first-order valence-corrected chi connectivity index (χ1v) is 10.3. The number of fused-ring (bicyclic) bond motifs is 1. The van der Waals surface area contributed by atoms with E-state index >= 15 is 0 Å². The summed E-state index contributed by atoms with van der Waals surface area (Å²) in [6, 6.07) is 27.6. The standard InChI is InChI=1S/C26H22N4O/c1-18-12-14-19(15-13-18)23-16-20-17-27-26(28-21-8-4-2-5-9-21)29-24(20)30(25(23)31)22-10-6-3-7-11-22/h2-15,17,23H,16H2,1H3,(H,27,28,29). The number of carbonyl (C=O) groups excluding carboxylic acids is 1. The van der Waals surface area contributed by atoms with Crippen molar-refractivity contribution < 1.29 is 4.79 Å². The summed E-state index contributed by atoms with van der Waals surface area (Å²) < 4.78 is 0. The minimum atomic E-state index is -0.273. The van der Waals surface area contributed by atoms with E-state index in [1.54, 1.807) is 4.90 Å². The number of nitrogens with one attached hydrogen (secondary N) is 1. The Morgan fingerprint density at radius 3 is 2.29 bits per heavy atom. The quantitative estimate of drug-likeness (QED) is 0.484. The fourth-order valence-electron chi connectivity index (χ4n) is 3.90. The van der Waals surface area contributed by atoms with Crippen molar-refractivity contribution in [3.8, 4) is 0 Å². The first kappa shape index (κ1) is 19.0. The van der Waals surface area contributed by atoms with Crippen molar-refractivity contribution >= 4 is 29.0 Å². The number of aromatic nitrogens is 2. The van der Waals surface area contributed by atoms with E-state index < -0.39 is 0 Å². The Balaban J connectivity index is 1.58. The summed E-state index contributed by atoms with van der Waals surface area (Å²) in [6.45, 7) is 2.05. The van der Waals surface area contributed by atoms with Crippen molar-refractivity contribution in [2.45, 2.75) is 19.3 Å². The largest absolute Gasteiger partial charge is 0.324 e. The van der Waals surface area contributed by atoms with Crippen LogP contribution in [-0.2, 0) is 11.2 Å². The van der Waals surface area contributed by atoms with Gasteiger partial charge in [0.1, 0.15) is 5.82 Å². The lowest BCUT2D eigenvalue weighted by Gasteiger charge is -2.33. The molecule has 152 valence electrons. The zero-order valence-corrected chi connectivity index (χ0v) is 17.2. The fourth-order valence-corrected chi connectivity index (χ4v) is 3.90. The molecule has 1 unspecified atom stereocenters. The lowest BCUT2D eigenvalue weighted by molar-refractivity contribution is -0.119. The first-order chi connectivity index (χ1) is 15.2. The third-order valence-corrected chi connectivity index (χ3v) is 5.52. The van der Waals surface area contributed by atoms with Crippen LogP contribution in [0.25, 0.3) is 0 Å². The van der Waals surface area contributed by atoms with Gasteiger partial charge in [0.15, 0.2) is 0 Å². The molecule has 1 N–H and O–H groups in total.